The van der Waals surface area contributed by atoms with E-state index in [9.17, 15) is 23.7 Å². The van der Waals surface area contributed by atoms with E-state index in [1.165, 1.54) is 6.92 Å². The van der Waals surface area contributed by atoms with Gasteiger partial charge >= 0.3 is 20.0 Å². The summed E-state index contributed by atoms with van der Waals surface area (Å²) in [6.45, 7) is 4.53. The highest BCUT2D eigenvalue weighted by atomic mass is 32.2. The zero-order valence-electron chi connectivity index (χ0n) is 16.4. The van der Waals surface area contributed by atoms with Crippen LogP contribution in [0.3, 0.4) is 0 Å². The van der Waals surface area contributed by atoms with Crippen molar-refractivity contribution in [1.82, 2.24) is 10.2 Å². The quantitative estimate of drug-likeness (QED) is 0.268. The van der Waals surface area contributed by atoms with Crippen molar-refractivity contribution >= 4 is 43.0 Å². The van der Waals surface area contributed by atoms with Gasteiger partial charge in [0.15, 0.2) is 10.9 Å². The smallest absolute Gasteiger partial charge is 0.337 e. The lowest BCUT2D eigenvalue weighted by Gasteiger charge is -2.49. The van der Waals surface area contributed by atoms with E-state index in [0.29, 0.717) is 0 Å². The van der Waals surface area contributed by atoms with Gasteiger partial charge in [-0.05, 0) is 12.1 Å². The molecule has 0 aliphatic carbocycles. The fraction of sp³-hybridized carbons (Fsp3) is 0.263. The number of fused-ring (bicyclic) bond motifs is 1. The van der Waals surface area contributed by atoms with Gasteiger partial charge in [-0.1, -0.05) is 30.3 Å². The Balaban J connectivity index is 1.84. The summed E-state index contributed by atoms with van der Waals surface area (Å²) in [5.74, 6) is -2.50. The average molecular weight is 430 g/mol. The van der Waals surface area contributed by atoms with Crippen LogP contribution in [0.25, 0.3) is 0 Å². The monoisotopic (exact) mass is 430 g/mol. The highest BCUT2D eigenvalue weighted by Gasteiger charge is 2.62. The minimum Gasteiger partial charge on any atom is -0.610 e. The van der Waals surface area contributed by atoms with Crippen molar-refractivity contribution in [2.24, 2.45) is 0 Å². The van der Waals surface area contributed by atoms with Gasteiger partial charge in [0.1, 0.15) is 12.3 Å². The molecular formula is C19H19BN2O7S. The maximum Gasteiger partial charge on any atom is 0.337 e. The van der Waals surface area contributed by atoms with Crippen LogP contribution in [0, 0.1) is 0 Å². The second-order valence-electron chi connectivity index (χ2n) is 6.63. The molecule has 30 heavy (non-hydrogen) atoms. The Morgan fingerprint density at radius 1 is 1.30 bits per heavy atom. The first kappa shape index (κ1) is 21.7. The number of nitrogens with one attached hydrogen (secondary N) is 1. The van der Waals surface area contributed by atoms with E-state index in [-0.39, 0.29) is 29.2 Å². The molecule has 2 heterocycles. The summed E-state index contributed by atoms with van der Waals surface area (Å²) in [6, 6.07) is 7.87. The number of esters is 1. The minimum atomic E-state index is -1.83. The second kappa shape index (κ2) is 8.76. The zero-order chi connectivity index (χ0) is 22.0. The van der Waals surface area contributed by atoms with Crippen LogP contribution < -0.4 is 5.32 Å². The Kier molecular flexibility index (Phi) is 6.32. The van der Waals surface area contributed by atoms with Crippen LogP contribution in [0.5, 0.6) is 0 Å². The molecule has 0 saturated carbocycles. The molecule has 1 unspecified atom stereocenters. The molecular weight excluding hydrogens is 411 g/mol. The van der Waals surface area contributed by atoms with Crippen molar-refractivity contribution in [1.29, 1.82) is 0 Å². The molecule has 9 nitrogen and oxygen atoms in total. The highest BCUT2D eigenvalue weighted by molar-refractivity contribution is 7.96. The molecule has 1 aromatic rings. The lowest BCUT2D eigenvalue weighted by atomic mass is 10.0. The molecule has 3 rings (SSSR count). The predicted octanol–water partition coefficient (Wildman–Crippen LogP) is -0.933. The first-order valence-electron chi connectivity index (χ1n) is 8.97. The largest absolute Gasteiger partial charge is 0.610 e. The molecule has 2 aliphatic heterocycles. The van der Waals surface area contributed by atoms with Crippen LogP contribution in [0.2, 0.25) is 0 Å². The number of ether oxygens (including phenoxy) is 1. The molecule has 156 valence electrons. The van der Waals surface area contributed by atoms with Crippen LogP contribution in [-0.4, -0.2) is 59.3 Å². The molecule has 3 atom stereocenters. The summed E-state index contributed by atoms with van der Waals surface area (Å²) in [5, 5.41) is 1.58. The van der Waals surface area contributed by atoms with Gasteiger partial charge in [-0.2, -0.15) is 0 Å². The number of carbonyl (C=O) groups excluding carboxylic acids is 4. The molecule has 0 spiro atoms. The molecule has 1 N–H and O–H groups in total. The van der Waals surface area contributed by atoms with E-state index in [0.717, 1.165) is 18.5 Å². The van der Waals surface area contributed by atoms with Gasteiger partial charge in [0.25, 0.3) is 5.91 Å². The van der Waals surface area contributed by atoms with Gasteiger partial charge in [-0.15, -0.1) is 0 Å². The van der Waals surface area contributed by atoms with Crippen LogP contribution in [0.15, 0.2) is 53.1 Å². The molecule has 1 saturated heterocycles. The molecule has 1 fully saturated rings. The van der Waals surface area contributed by atoms with Gasteiger partial charge < -0.3 is 19.3 Å². The summed E-state index contributed by atoms with van der Waals surface area (Å²) >= 11 is -1.83. The highest BCUT2D eigenvalue weighted by Crippen LogP contribution is 2.41. The SMILES string of the molecule is BOC(=O)C1=C(COC(C)=O)C(=C)[S+]([O-])[C@@H]2[C@H](NC(=O)Cc3ccccc3)C(=O)N12. The third kappa shape index (κ3) is 3.98. The van der Waals surface area contributed by atoms with Crippen LogP contribution in [0.4, 0.5) is 0 Å². The first-order valence-corrected chi connectivity index (χ1v) is 10.2. The fourth-order valence-electron chi connectivity index (χ4n) is 3.25. The van der Waals surface area contributed by atoms with Crippen molar-refractivity contribution in [3.05, 3.63) is 58.6 Å². The number of amides is 2. The Hall–Kier alpha value is -3.05. The third-order valence-electron chi connectivity index (χ3n) is 4.69. The van der Waals surface area contributed by atoms with Gasteiger partial charge in [0.05, 0.1) is 12.0 Å². The predicted molar refractivity (Wildman–Crippen MR) is 108 cm³/mol. The minimum absolute atomic E-state index is 0.0349. The van der Waals surface area contributed by atoms with Gasteiger partial charge in [-0.3, -0.25) is 19.3 Å². The van der Waals surface area contributed by atoms with E-state index in [4.69, 9.17) is 9.39 Å². The summed E-state index contributed by atoms with van der Waals surface area (Å²) < 4.78 is 22.6. The number of carbonyl (C=O) groups is 4. The molecule has 1 aromatic carbocycles. The Morgan fingerprint density at radius 2 is 1.97 bits per heavy atom. The normalized spacial score (nSPS) is 22.7. The Labute approximate surface area is 176 Å². The topological polar surface area (TPSA) is 125 Å². The third-order valence-corrected chi connectivity index (χ3v) is 6.34. The Bertz CT molecular complexity index is 949. The van der Waals surface area contributed by atoms with Gasteiger partial charge in [0, 0.05) is 18.1 Å². The first-order chi connectivity index (χ1) is 14.3. The number of β-lactam (4-membered cyclic amide) rings is 1. The molecule has 2 aliphatic rings. The van der Waals surface area contributed by atoms with Crippen molar-refractivity contribution < 1.29 is 33.1 Å². The van der Waals surface area contributed by atoms with Crippen LogP contribution in [0.1, 0.15) is 12.5 Å². The number of hydrogen-bond acceptors (Lipinski definition) is 7. The summed E-state index contributed by atoms with van der Waals surface area (Å²) in [4.78, 5) is 49.7. The molecule has 11 heteroatoms. The fourth-order valence-corrected chi connectivity index (χ4v) is 4.77. The van der Waals surface area contributed by atoms with Crippen molar-refractivity contribution in [3.63, 3.8) is 0 Å². The molecule has 2 amide bonds. The average Bonchev–Trinajstić information content (AvgIpc) is 2.72. The second-order valence-corrected chi connectivity index (χ2v) is 8.20. The summed E-state index contributed by atoms with van der Waals surface area (Å²) in [6.07, 6.45) is 0.0440. The summed E-state index contributed by atoms with van der Waals surface area (Å²) in [7, 11) is 1.13. The van der Waals surface area contributed by atoms with Crippen molar-refractivity contribution in [2.75, 3.05) is 6.61 Å². The van der Waals surface area contributed by atoms with Crippen LogP contribution in [-0.2, 0) is 46.2 Å². The lowest BCUT2D eigenvalue weighted by Crippen LogP contribution is -2.74. The van der Waals surface area contributed by atoms with Gasteiger partial charge in [0.2, 0.25) is 11.3 Å². The zero-order valence-corrected chi connectivity index (χ0v) is 17.2. The van der Waals surface area contributed by atoms with E-state index in [2.05, 4.69) is 11.9 Å². The molecule has 0 aromatic heterocycles. The molecule has 0 bridgehead atoms. The molecule has 0 radical (unpaired) electrons. The number of nitrogens with zero attached hydrogens (tertiary/aromatic N) is 1. The maximum atomic E-state index is 12.9. The van der Waals surface area contributed by atoms with E-state index in [1.54, 1.807) is 24.3 Å². The number of hydrogen-bond donors (Lipinski definition) is 1. The van der Waals surface area contributed by atoms with Gasteiger partial charge in [-0.25, -0.2) is 4.79 Å². The summed E-state index contributed by atoms with van der Waals surface area (Å²) in [5.41, 5.74) is 0.618. The van der Waals surface area contributed by atoms with Crippen molar-refractivity contribution in [2.45, 2.75) is 24.8 Å². The van der Waals surface area contributed by atoms with E-state index >= 15 is 0 Å². The Morgan fingerprint density at radius 3 is 2.57 bits per heavy atom. The van der Waals surface area contributed by atoms with E-state index < -0.39 is 46.3 Å². The maximum absolute atomic E-state index is 12.9. The standard InChI is InChI=1S/C19H19BN2O7S/c1-10-13(9-28-11(2)23)16(19(26)29-20)22-17(25)15(18(22)30(10)27)21-14(24)8-12-6-4-3-5-7-12/h3-7,15,18H,1,8-9,20H2,2H3,(H,21,24)/t15-,18-,30?/m1/s1. The van der Waals surface area contributed by atoms with E-state index in [1.807, 2.05) is 6.07 Å². The van der Waals surface area contributed by atoms with Crippen molar-refractivity contribution in [3.8, 4) is 0 Å². The van der Waals surface area contributed by atoms with Crippen LogP contribution >= 0.6 is 0 Å². The number of rotatable bonds is 6. The number of benzene rings is 1. The lowest BCUT2D eigenvalue weighted by molar-refractivity contribution is -0.150.